The molecule has 2 amide bonds. The molecule has 0 bridgehead atoms. The number of hydrogen-bond donors (Lipinski definition) is 1. The Bertz CT molecular complexity index is 941. The molecule has 0 spiro atoms. The Hall–Kier alpha value is -2.24. The smallest absolute Gasteiger partial charge is 0.261 e. The average Bonchev–Trinajstić information content (AvgIpc) is 2.75. The fraction of sp³-hybridized carbons (Fsp3) is 0.440. The van der Waals surface area contributed by atoms with Crippen LogP contribution in [0.5, 0.6) is 5.75 Å². The first kappa shape index (κ1) is 26.0. The molecule has 7 heteroatoms. The van der Waals surface area contributed by atoms with E-state index in [4.69, 9.17) is 27.9 Å². The van der Waals surface area contributed by atoms with Crippen LogP contribution in [0.3, 0.4) is 0 Å². The molecule has 1 N–H and O–H groups in total. The van der Waals surface area contributed by atoms with Crippen molar-refractivity contribution in [1.82, 2.24) is 10.2 Å². The van der Waals surface area contributed by atoms with E-state index in [1.165, 1.54) is 4.90 Å². The van der Waals surface area contributed by atoms with Crippen molar-refractivity contribution in [3.05, 3.63) is 63.6 Å². The molecule has 0 aliphatic heterocycles. The minimum absolute atomic E-state index is 0.132. The number of ether oxygens (including phenoxy) is 1. The van der Waals surface area contributed by atoms with Gasteiger partial charge in [-0.2, -0.15) is 0 Å². The van der Waals surface area contributed by atoms with Crippen LogP contribution in [0.2, 0.25) is 10.0 Å². The Morgan fingerprint density at radius 3 is 2.41 bits per heavy atom. The van der Waals surface area contributed by atoms with E-state index in [1.807, 2.05) is 31.2 Å². The maximum absolute atomic E-state index is 13.2. The Morgan fingerprint density at radius 1 is 1.09 bits per heavy atom. The molecule has 0 aliphatic carbocycles. The van der Waals surface area contributed by atoms with Gasteiger partial charge in [0.25, 0.3) is 5.91 Å². The number of carbonyl (C=O) groups is 2. The molecule has 2 aromatic rings. The lowest BCUT2D eigenvalue weighted by Gasteiger charge is -2.29. The van der Waals surface area contributed by atoms with Crippen LogP contribution in [-0.2, 0) is 21.5 Å². The number of benzene rings is 2. The maximum atomic E-state index is 13.2. The van der Waals surface area contributed by atoms with Crippen molar-refractivity contribution in [2.24, 2.45) is 0 Å². The molecule has 0 fully saturated rings. The zero-order valence-corrected chi connectivity index (χ0v) is 20.9. The zero-order valence-electron chi connectivity index (χ0n) is 19.4. The molecule has 0 aliphatic rings. The summed E-state index contributed by atoms with van der Waals surface area (Å²) in [6.45, 7) is 10.5. The molecule has 2 aromatic carbocycles. The summed E-state index contributed by atoms with van der Waals surface area (Å²) in [5, 5.41) is 3.69. The Labute approximate surface area is 201 Å². The topological polar surface area (TPSA) is 58.6 Å². The summed E-state index contributed by atoms with van der Waals surface area (Å²) in [6.07, 6.45) is 0.811. The summed E-state index contributed by atoms with van der Waals surface area (Å²) >= 11 is 12.2. The number of para-hydroxylation sites is 1. The van der Waals surface area contributed by atoms with E-state index in [0.29, 0.717) is 22.3 Å². The second-order valence-electron chi connectivity index (χ2n) is 8.77. The minimum atomic E-state index is -0.676. The summed E-state index contributed by atoms with van der Waals surface area (Å²) in [5.74, 6) is 0.153. The van der Waals surface area contributed by atoms with Crippen LogP contribution in [0.4, 0.5) is 0 Å². The van der Waals surface area contributed by atoms with Crippen LogP contribution < -0.4 is 10.1 Å². The van der Waals surface area contributed by atoms with Gasteiger partial charge in [-0.15, -0.1) is 0 Å². The van der Waals surface area contributed by atoms with Gasteiger partial charge in [0.2, 0.25) is 5.91 Å². The van der Waals surface area contributed by atoms with Crippen molar-refractivity contribution in [3.63, 3.8) is 0 Å². The van der Waals surface area contributed by atoms with Crippen molar-refractivity contribution in [3.8, 4) is 5.75 Å². The number of rotatable bonds is 9. The van der Waals surface area contributed by atoms with Crippen LogP contribution in [0.1, 0.15) is 52.2 Å². The molecule has 174 valence electrons. The quantitative estimate of drug-likeness (QED) is 0.509. The van der Waals surface area contributed by atoms with Gasteiger partial charge in [-0.1, -0.05) is 75.2 Å². The summed E-state index contributed by atoms with van der Waals surface area (Å²) < 4.78 is 5.93. The molecule has 0 saturated heterocycles. The van der Waals surface area contributed by atoms with Gasteiger partial charge >= 0.3 is 0 Å². The molecule has 5 nitrogen and oxygen atoms in total. The summed E-state index contributed by atoms with van der Waals surface area (Å²) in [4.78, 5) is 27.3. The van der Waals surface area contributed by atoms with Crippen molar-refractivity contribution >= 4 is 35.0 Å². The highest BCUT2D eigenvalue weighted by molar-refractivity contribution is 6.42. The molecular weight excluding hydrogens is 447 g/mol. The van der Waals surface area contributed by atoms with Gasteiger partial charge in [-0.05, 0) is 48.1 Å². The van der Waals surface area contributed by atoms with Crippen molar-refractivity contribution in [2.75, 3.05) is 13.2 Å². The van der Waals surface area contributed by atoms with Gasteiger partial charge in [0.1, 0.15) is 11.8 Å². The molecule has 32 heavy (non-hydrogen) atoms. The molecule has 2 rings (SSSR count). The van der Waals surface area contributed by atoms with Crippen LogP contribution in [0.15, 0.2) is 42.5 Å². The van der Waals surface area contributed by atoms with E-state index in [9.17, 15) is 9.59 Å². The normalized spacial score (nSPS) is 12.2. The van der Waals surface area contributed by atoms with Gasteiger partial charge in [0.15, 0.2) is 6.61 Å². The lowest BCUT2D eigenvalue weighted by atomic mass is 9.86. The van der Waals surface area contributed by atoms with Crippen molar-refractivity contribution in [1.29, 1.82) is 0 Å². The molecular formula is C25H32Cl2N2O3. The number of nitrogens with zero attached hydrogens (tertiary/aromatic N) is 1. The van der Waals surface area contributed by atoms with E-state index in [0.717, 1.165) is 17.5 Å². The summed E-state index contributed by atoms with van der Waals surface area (Å²) in [5.41, 5.74) is 1.66. The molecule has 0 saturated carbocycles. The zero-order chi connectivity index (χ0) is 23.9. The molecule has 0 aromatic heterocycles. The molecule has 1 atom stereocenters. The molecule has 0 heterocycles. The van der Waals surface area contributed by atoms with Crippen LogP contribution in [0.25, 0.3) is 0 Å². The second kappa shape index (κ2) is 11.6. The first-order valence-corrected chi connectivity index (χ1v) is 11.5. The SMILES string of the molecule is CCCNC(=O)[C@@H](C)N(Cc1ccc(Cl)c(Cl)c1)C(=O)COc1ccccc1C(C)(C)C. The maximum Gasteiger partial charge on any atom is 0.261 e. The highest BCUT2D eigenvalue weighted by atomic mass is 35.5. The third-order valence-corrected chi connectivity index (χ3v) is 5.84. The first-order valence-electron chi connectivity index (χ1n) is 10.8. The van der Waals surface area contributed by atoms with E-state index in [1.54, 1.807) is 25.1 Å². The van der Waals surface area contributed by atoms with E-state index in [-0.39, 0.29) is 30.4 Å². The summed E-state index contributed by atoms with van der Waals surface area (Å²) in [6, 6.07) is 12.2. The van der Waals surface area contributed by atoms with Crippen molar-refractivity contribution < 1.29 is 14.3 Å². The first-order chi connectivity index (χ1) is 15.0. The summed E-state index contributed by atoms with van der Waals surface area (Å²) in [7, 11) is 0. The van der Waals surface area contributed by atoms with Gasteiger partial charge in [-0.3, -0.25) is 9.59 Å². The Kier molecular flexibility index (Phi) is 9.41. The predicted molar refractivity (Wildman–Crippen MR) is 130 cm³/mol. The van der Waals surface area contributed by atoms with Gasteiger partial charge in [0, 0.05) is 13.1 Å². The largest absolute Gasteiger partial charge is 0.483 e. The molecule has 0 radical (unpaired) electrons. The third-order valence-electron chi connectivity index (χ3n) is 5.10. The highest BCUT2D eigenvalue weighted by Crippen LogP contribution is 2.31. The van der Waals surface area contributed by atoms with E-state index < -0.39 is 6.04 Å². The number of amides is 2. The third kappa shape index (κ3) is 7.14. The standard InChI is InChI=1S/C25H32Cl2N2O3/c1-6-13-28-24(31)17(2)29(15-18-11-12-20(26)21(27)14-18)23(30)16-32-22-10-8-7-9-19(22)25(3,4)5/h7-12,14,17H,6,13,15-16H2,1-5H3,(H,28,31)/t17-/m1/s1. The average molecular weight is 479 g/mol. The number of carbonyl (C=O) groups excluding carboxylic acids is 2. The number of hydrogen-bond acceptors (Lipinski definition) is 3. The lowest BCUT2D eigenvalue weighted by molar-refractivity contribution is -0.142. The predicted octanol–water partition coefficient (Wildman–Crippen LogP) is 5.61. The second-order valence-corrected chi connectivity index (χ2v) is 9.59. The number of nitrogens with one attached hydrogen (secondary N) is 1. The highest BCUT2D eigenvalue weighted by Gasteiger charge is 2.27. The fourth-order valence-corrected chi connectivity index (χ4v) is 3.57. The fourth-order valence-electron chi connectivity index (χ4n) is 3.25. The van der Waals surface area contributed by atoms with Crippen LogP contribution >= 0.6 is 23.2 Å². The monoisotopic (exact) mass is 478 g/mol. The van der Waals surface area contributed by atoms with E-state index >= 15 is 0 Å². The molecule has 0 unspecified atom stereocenters. The van der Waals surface area contributed by atoms with Crippen LogP contribution in [-0.4, -0.2) is 35.9 Å². The Morgan fingerprint density at radius 2 is 1.78 bits per heavy atom. The number of halogens is 2. The van der Waals surface area contributed by atoms with Crippen LogP contribution in [0, 0.1) is 0 Å². The Balaban J connectivity index is 2.23. The van der Waals surface area contributed by atoms with Gasteiger partial charge in [-0.25, -0.2) is 0 Å². The van der Waals surface area contributed by atoms with Crippen molar-refractivity contribution in [2.45, 2.75) is 59.0 Å². The van der Waals surface area contributed by atoms with Gasteiger partial charge < -0.3 is 15.0 Å². The van der Waals surface area contributed by atoms with Gasteiger partial charge in [0.05, 0.1) is 10.0 Å². The van der Waals surface area contributed by atoms with E-state index in [2.05, 4.69) is 26.1 Å². The lowest BCUT2D eigenvalue weighted by Crippen LogP contribution is -2.49. The minimum Gasteiger partial charge on any atom is -0.483 e.